The van der Waals surface area contributed by atoms with Gasteiger partial charge in [0, 0.05) is 44.7 Å². The van der Waals surface area contributed by atoms with Gasteiger partial charge in [-0.2, -0.15) is 18.3 Å². The molecule has 1 saturated carbocycles. The zero-order valence-electron chi connectivity index (χ0n) is 20.3. The molecule has 12 heteroatoms. The summed E-state index contributed by atoms with van der Waals surface area (Å²) in [5, 5.41) is 9.78. The van der Waals surface area contributed by atoms with Gasteiger partial charge in [0.2, 0.25) is 0 Å². The van der Waals surface area contributed by atoms with Crippen molar-refractivity contribution in [1.29, 1.82) is 0 Å². The van der Waals surface area contributed by atoms with Crippen LogP contribution in [-0.4, -0.2) is 21.6 Å². The predicted molar refractivity (Wildman–Crippen MR) is 136 cm³/mol. The molecule has 0 bridgehead atoms. The van der Waals surface area contributed by atoms with Crippen LogP contribution in [0.5, 0.6) is 0 Å². The van der Waals surface area contributed by atoms with Crippen molar-refractivity contribution in [2.24, 2.45) is 0 Å². The topological polar surface area (TPSA) is 76.0 Å². The van der Waals surface area contributed by atoms with Gasteiger partial charge in [-0.1, -0.05) is 11.6 Å². The van der Waals surface area contributed by atoms with E-state index in [1.165, 1.54) is 12.1 Å². The lowest BCUT2D eigenvalue weighted by Gasteiger charge is -2.19. The number of nitrogens with zero attached hydrogens (tertiary/aromatic N) is 2. The highest BCUT2D eigenvalue weighted by molar-refractivity contribution is 6.31. The Morgan fingerprint density at radius 1 is 1.02 bits per heavy atom. The van der Waals surface area contributed by atoms with Crippen LogP contribution in [0.25, 0.3) is 11.1 Å². The van der Waals surface area contributed by atoms with Crippen molar-refractivity contribution in [1.82, 2.24) is 15.1 Å². The van der Waals surface area contributed by atoms with Crippen LogP contribution in [0.3, 0.4) is 0 Å². The molecule has 1 fully saturated rings. The number of carbonyl (C=O) groups excluding carboxylic acids is 2. The van der Waals surface area contributed by atoms with E-state index in [2.05, 4.69) is 15.7 Å². The lowest BCUT2D eigenvalue weighted by Crippen LogP contribution is -2.21. The maximum Gasteiger partial charge on any atom is 0.416 e. The van der Waals surface area contributed by atoms with Gasteiger partial charge < -0.3 is 10.6 Å². The van der Waals surface area contributed by atoms with Crippen molar-refractivity contribution in [3.8, 4) is 11.1 Å². The maximum absolute atomic E-state index is 14.2. The molecule has 204 valence electrons. The number of nitrogens with one attached hydrogen (secondary N) is 2. The van der Waals surface area contributed by atoms with Gasteiger partial charge in [0.05, 0.1) is 23.8 Å². The molecule has 1 aliphatic heterocycles. The van der Waals surface area contributed by atoms with E-state index in [4.69, 9.17) is 11.6 Å². The van der Waals surface area contributed by atoms with Crippen molar-refractivity contribution < 1.29 is 31.5 Å². The van der Waals surface area contributed by atoms with Gasteiger partial charge in [-0.25, -0.2) is 8.78 Å². The Morgan fingerprint density at radius 3 is 2.52 bits per heavy atom. The highest BCUT2D eigenvalue weighted by atomic mass is 35.5. The van der Waals surface area contributed by atoms with Crippen molar-refractivity contribution >= 4 is 29.1 Å². The summed E-state index contributed by atoms with van der Waals surface area (Å²) in [6, 6.07) is 7.53. The number of hydrogen-bond acceptors (Lipinski definition) is 3. The molecule has 3 aromatic carbocycles. The lowest BCUT2D eigenvalue weighted by atomic mass is 9.93. The molecular formula is C28H18ClF5N4O2. The van der Waals surface area contributed by atoms with Gasteiger partial charge in [-0.15, -0.1) is 0 Å². The molecular weight excluding hydrogens is 555 g/mol. The van der Waals surface area contributed by atoms with Gasteiger partial charge in [-0.05, 0) is 66.9 Å². The fraction of sp³-hybridized carbons (Fsp3) is 0.179. The van der Waals surface area contributed by atoms with Crippen LogP contribution >= 0.6 is 11.6 Å². The van der Waals surface area contributed by atoms with Gasteiger partial charge in [0.1, 0.15) is 11.6 Å². The van der Waals surface area contributed by atoms with Crippen LogP contribution in [0.1, 0.15) is 62.3 Å². The van der Waals surface area contributed by atoms with E-state index in [0.717, 1.165) is 25.0 Å². The maximum atomic E-state index is 14.2. The lowest BCUT2D eigenvalue weighted by molar-refractivity contribution is -0.137. The zero-order valence-corrected chi connectivity index (χ0v) is 21.1. The standard InChI is InChI=1S/C28H18ClF5N4O2/c29-22-4-1-17(30)10-20(22)25-24-21(27(40)37-25)7-13(15-11-35-38(12-15)19-2-3-19)8-23(24)36-26(39)14-5-16(28(32,33)34)9-18(31)6-14/h1,4-12,19,25H,2-3H2,(H,36,39)(H,37,40)/t25-/m1/s1. The number of carbonyl (C=O) groups is 2. The van der Waals surface area contributed by atoms with Gasteiger partial charge in [-0.3, -0.25) is 14.3 Å². The Kier molecular flexibility index (Phi) is 6.14. The molecule has 0 unspecified atom stereocenters. The molecule has 1 aliphatic carbocycles. The van der Waals surface area contributed by atoms with Crippen molar-refractivity contribution in [3.05, 3.63) is 105 Å². The molecule has 0 radical (unpaired) electrons. The second-order valence-electron chi connectivity index (χ2n) is 9.68. The molecule has 40 heavy (non-hydrogen) atoms. The third kappa shape index (κ3) is 4.81. The normalized spacial score (nSPS) is 16.6. The molecule has 1 atom stereocenters. The van der Waals surface area contributed by atoms with E-state index in [-0.39, 0.29) is 39.5 Å². The molecule has 2 aliphatic rings. The minimum Gasteiger partial charge on any atom is -0.341 e. The summed E-state index contributed by atoms with van der Waals surface area (Å²) in [4.78, 5) is 26.3. The van der Waals surface area contributed by atoms with Crippen molar-refractivity contribution in [3.63, 3.8) is 0 Å². The van der Waals surface area contributed by atoms with E-state index < -0.39 is 46.8 Å². The number of alkyl halides is 3. The Labute approximate surface area is 228 Å². The number of aromatic nitrogens is 2. The average molecular weight is 573 g/mol. The second-order valence-corrected chi connectivity index (χ2v) is 10.1. The Hall–Kier alpha value is -4.25. The number of rotatable bonds is 5. The van der Waals surface area contributed by atoms with E-state index in [9.17, 15) is 31.5 Å². The Balaban J connectivity index is 1.47. The molecule has 2 amide bonds. The fourth-order valence-corrected chi connectivity index (χ4v) is 5.00. The van der Waals surface area contributed by atoms with Crippen LogP contribution in [0, 0.1) is 11.6 Å². The van der Waals surface area contributed by atoms with Gasteiger partial charge in [0.25, 0.3) is 11.8 Å². The summed E-state index contributed by atoms with van der Waals surface area (Å²) in [6.45, 7) is 0. The number of amides is 2. The number of anilines is 1. The minimum absolute atomic E-state index is 0.0539. The Bertz CT molecular complexity index is 1700. The molecule has 6 nitrogen and oxygen atoms in total. The molecule has 4 aromatic rings. The molecule has 6 rings (SSSR count). The first-order chi connectivity index (χ1) is 19.0. The van der Waals surface area contributed by atoms with Crippen LogP contribution in [0.2, 0.25) is 5.02 Å². The first-order valence-electron chi connectivity index (χ1n) is 12.2. The van der Waals surface area contributed by atoms with Crippen molar-refractivity contribution in [2.75, 3.05) is 5.32 Å². The third-order valence-corrected chi connectivity index (χ3v) is 7.19. The molecule has 2 heterocycles. The SMILES string of the molecule is O=C(Nc1cc(-c2cnn(C3CC3)c2)cc2c1[C@@H](c1cc(F)ccc1Cl)NC2=O)c1cc(F)cc(C(F)(F)F)c1. The summed E-state index contributed by atoms with van der Waals surface area (Å²) in [7, 11) is 0. The van der Waals surface area contributed by atoms with Crippen LogP contribution in [-0.2, 0) is 6.18 Å². The smallest absolute Gasteiger partial charge is 0.341 e. The van der Waals surface area contributed by atoms with E-state index in [1.807, 2.05) is 0 Å². The second kappa shape index (κ2) is 9.44. The number of hydrogen-bond donors (Lipinski definition) is 2. The third-order valence-electron chi connectivity index (χ3n) is 6.85. The largest absolute Gasteiger partial charge is 0.416 e. The minimum atomic E-state index is -4.88. The van der Waals surface area contributed by atoms with Crippen molar-refractivity contribution in [2.45, 2.75) is 31.1 Å². The van der Waals surface area contributed by atoms with E-state index >= 15 is 0 Å². The quantitative estimate of drug-likeness (QED) is 0.255. The monoisotopic (exact) mass is 572 g/mol. The number of benzene rings is 3. The summed E-state index contributed by atoms with van der Waals surface area (Å²) < 4.78 is 69.8. The summed E-state index contributed by atoms with van der Waals surface area (Å²) in [5.41, 5.74) is -0.130. The molecule has 2 N–H and O–H groups in total. The summed E-state index contributed by atoms with van der Waals surface area (Å²) >= 11 is 6.32. The highest BCUT2D eigenvalue weighted by Gasteiger charge is 2.36. The number of halogens is 6. The zero-order chi connectivity index (χ0) is 28.3. The molecule has 0 spiro atoms. The van der Waals surface area contributed by atoms with Gasteiger partial charge >= 0.3 is 6.18 Å². The highest BCUT2D eigenvalue weighted by Crippen LogP contribution is 2.42. The number of fused-ring (bicyclic) bond motifs is 1. The van der Waals surface area contributed by atoms with Gasteiger partial charge in [0.15, 0.2) is 0 Å². The molecule has 1 aromatic heterocycles. The first-order valence-corrected chi connectivity index (χ1v) is 12.5. The summed E-state index contributed by atoms with van der Waals surface area (Å²) in [5.74, 6) is -3.43. The fourth-order valence-electron chi connectivity index (χ4n) is 4.78. The van der Waals surface area contributed by atoms with Crippen LogP contribution in [0.4, 0.5) is 27.6 Å². The summed E-state index contributed by atoms with van der Waals surface area (Å²) in [6.07, 6.45) is 0.482. The van der Waals surface area contributed by atoms with Crippen LogP contribution in [0.15, 0.2) is 60.9 Å². The predicted octanol–water partition coefficient (Wildman–Crippen LogP) is 6.92. The van der Waals surface area contributed by atoms with E-state index in [1.54, 1.807) is 23.1 Å². The Morgan fingerprint density at radius 2 is 1.80 bits per heavy atom. The molecule has 0 saturated heterocycles. The average Bonchev–Trinajstić information content (AvgIpc) is 3.53. The van der Waals surface area contributed by atoms with E-state index in [0.29, 0.717) is 23.3 Å². The first kappa shape index (κ1) is 26.0. The van der Waals surface area contributed by atoms with Crippen LogP contribution < -0.4 is 10.6 Å².